The lowest BCUT2D eigenvalue weighted by Gasteiger charge is -2.26. The second-order valence-corrected chi connectivity index (χ2v) is 5.14. The average molecular weight is 235 g/mol. The van der Waals surface area contributed by atoms with Gasteiger partial charge in [0, 0.05) is 12.6 Å². The smallest absolute Gasteiger partial charge is 0.252 e. The second-order valence-electron chi connectivity index (χ2n) is 5.14. The first-order valence-electron chi connectivity index (χ1n) is 6.52. The molecule has 4 nitrogen and oxygen atoms in total. The van der Waals surface area contributed by atoms with E-state index >= 15 is 0 Å². The van der Waals surface area contributed by atoms with Crippen LogP contribution in [0.25, 0.3) is 0 Å². The summed E-state index contributed by atoms with van der Waals surface area (Å²) >= 11 is 0. The summed E-state index contributed by atoms with van der Waals surface area (Å²) in [7, 11) is 0. The zero-order chi connectivity index (χ0) is 12.1. The van der Waals surface area contributed by atoms with Crippen LogP contribution in [0, 0.1) is 11.8 Å². The molecule has 0 saturated heterocycles. The number of aromatic nitrogens is 2. The first kappa shape index (κ1) is 12.1. The molecule has 2 rings (SSSR count). The molecule has 1 aromatic heterocycles. The Kier molecular flexibility index (Phi) is 4.18. The van der Waals surface area contributed by atoms with Crippen LogP contribution in [0.1, 0.15) is 39.0 Å². The maximum absolute atomic E-state index is 11.1. The van der Waals surface area contributed by atoms with E-state index in [1.807, 2.05) is 0 Å². The van der Waals surface area contributed by atoms with Gasteiger partial charge >= 0.3 is 0 Å². The fourth-order valence-electron chi connectivity index (χ4n) is 2.49. The summed E-state index contributed by atoms with van der Waals surface area (Å²) in [6.07, 6.45) is 8.06. The summed E-state index contributed by atoms with van der Waals surface area (Å²) in [5.74, 6) is 2.44. The summed E-state index contributed by atoms with van der Waals surface area (Å²) in [4.78, 5) is 17.6. The maximum atomic E-state index is 11.1. The summed E-state index contributed by atoms with van der Waals surface area (Å²) in [6, 6.07) is 1.50. The topological polar surface area (TPSA) is 57.8 Å². The lowest BCUT2D eigenvalue weighted by Crippen LogP contribution is -2.16. The van der Waals surface area contributed by atoms with Crippen molar-refractivity contribution < 1.29 is 0 Å². The Morgan fingerprint density at radius 2 is 2.18 bits per heavy atom. The molecule has 17 heavy (non-hydrogen) atoms. The van der Waals surface area contributed by atoms with Gasteiger partial charge in [0.05, 0.1) is 6.33 Å². The van der Waals surface area contributed by atoms with Crippen LogP contribution in [0.15, 0.2) is 17.2 Å². The van der Waals surface area contributed by atoms with Gasteiger partial charge in [-0.25, -0.2) is 4.98 Å². The van der Waals surface area contributed by atoms with E-state index in [2.05, 4.69) is 22.2 Å². The van der Waals surface area contributed by atoms with Crippen molar-refractivity contribution in [3.63, 3.8) is 0 Å². The Bertz CT molecular complexity index is 394. The molecule has 0 unspecified atom stereocenters. The second kappa shape index (κ2) is 5.84. The summed E-state index contributed by atoms with van der Waals surface area (Å²) in [5.41, 5.74) is -0.103. The van der Waals surface area contributed by atoms with Gasteiger partial charge in [-0.2, -0.15) is 0 Å². The highest BCUT2D eigenvalue weighted by molar-refractivity contribution is 5.31. The molecule has 1 heterocycles. The van der Waals surface area contributed by atoms with Gasteiger partial charge < -0.3 is 10.3 Å². The molecule has 0 aliphatic heterocycles. The fraction of sp³-hybridized carbons (Fsp3) is 0.692. The Morgan fingerprint density at radius 1 is 1.41 bits per heavy atom. The lowest BCUT2D eigenvalue weighted by atomic mass is 9.81. The van der Waals surface area contributed by atoms with Gasteiger partial charge in [0.2, 0.25) is 0 Å². The molecule has 1 aliphatic rings. The molecule has 0 spiro atoms. The van der Waals surface area contributed by atoms with Crippen molar-refractivity contribution >= 4 is 5.82 Å². The predicted octanol–water partition coefficient (Wildman–Crippen LogP) is 2.40. The van der Waals surface area contributed by atoms with Crippen molar-refractivity contribution in [1.82, 2.24) is 9.97 Å². The molecule has 1 aromatic rings. The van der Waals surface area contributed by atoms with Crippen LogP contribution in [0.3, 0.4) is 0 Å². The molecule has 0 atom stereocenters. The largest absolute Gasteiger partial charge is 0.370 e. The van der Waals surface area contributed by atoms with Gasteiger partial charge in [0.25, 0.3) is 5.56 Å². The number of rotatable bonds is 4. The van der Waals surface area contributed by atoms with Gasteiger partial charge in [-0.05, 0) is 18.3 Å². The van der Waals surface area contributed by atoms with Crippen LogP contribution in [0.2, 0.25) is 0 Å². The van der Waals surface area contributed by atoms with E-state index in [0.29, 0.717) is 5.82 Å². The van der Waals surface area contributed by atoms with E-state index in [1.54, 1.807) is 0 Å². The Labute approximate surface area is 102 Å². The monoisotopic (exact) mass is 235 g/mol. The van der Waals surface area contributed by atoms with Crippen LogP contribution in [0.4, 0.5) is 5.82 Å². The Balaban J connectivity index is 1.71. The van der Waals surface area contributed by atoms with E-state index < -0.39 is 0 Å². The predicted molar refractivity (Wildman–Crippen MR) is 69.1 cm³/mol. The molecule has 0 aromatic carbocycles. The van der Waals surface area contributed by atoms with Crippen molar-refractivity contribution in [3.05, 3.63) is 22.7 Å². The maximum Gasteiger partial charge on any atom is 0.252 e. The van der Waals surface area contributed by atoms with Gasteiger partial charge in [-0.1, -0.05) is 32.6 Å². The van der Waals surface area contributed by atoms with E-state index in [-0.39, 0.29) is 5.56 Å². The Hall–Kier alpha value is -1.32. The van der Waals surface area contributed by atoms with Crippen LogP contribution < -0.4 is 10.9 Å². The summed E-state index contributed by atoms with van der Waals surface area (Å²) in [5, 5.41) is 3.21. The molecule has 0 bridgehead atoms. The molecule has 94 valence electrons. The highest BCUT2D eigenvalue weighted by Gasteiger charge is 2.17. The number of H-pyrrole nitrogens is 1. The third-order valence-corrected chi connectivity index (χ3v) is 3.67. The van der Waals surface area contributed by atoms with E-state index in [9.17, 15) is 4.79 Å². The van der Waals surface area contributed by atoms with Crippen molar-refractivity contribution in [1.29, 1.82) is 0 Å². The number of nitrogens with one attached hydrogen (secondary N) is 2. The molecular weight excluding hydrogens is 214 g/mol. The first-order valence-corrected chi connectivity index (χ1v) is 6.52. The van der Waals surface area contributed by atoms with E-state index in [4.69, 9.17) is 0 Å². The molecule has 2 N–H and O–H groups in total. The molecule has 0 radical (unpaired) electrons. The molecular formula is C13H21N3O. The average Bonchev–Trinajstić information content (AvgIpc) is 2.32. The summed E-state index contributed by atoms with van der Waals surface area (Å²) < 4.78 is 0. The third-order valence-electron chi connectivity index (χ3n) is 3.67. The van der Waals surface area contributed by atoms with E-state index in [1.165, 1.54) is 44.5 Å². The van der Waals surface area contributed by atoms with Crippen molar-refractivity contribution in [2.24, 2.45) is 11.8 Å². The minimum atomic E-state index is -0.103. The number of nitrogens with zero attached hydrogens (tertiary/aromatic N) is 1. The standard InChI is InChI=1S/C13H21N3O/c1-10-2-4-11(5-3-10)6-7-14-12-8-13(17)16-9-15-12/h8-11H,2-7H2,1H3,(H2,14,15,16,17). The zero-order valence-corrected chi connectivity index (χ0v) is 10.4. The van der Waals surface area contributed by atoms with Gasteiger partial charge in [-0.3, -0.25) is 4.79 Å². The van der Waals surface area contributed by atoms with Gasteiger partial charge in [0.15, 0.2) is 0 Å². The third kappa shape index (κ3) is 3.88. The Morgan fingerprint density at radius 3 is 2.88 bits per heavy atom. The van der Waals surface area contributed by atoms with Crippen molar-refractivity contribution in [3.8, 4) is 0 Å². The number of hydrogen-bond acceptors (Lipinski definition) is 3. The number of hydrogen-bond donors (Lipinski definition) is 2. The van der Waals surface area contributed by atoms with Crippen molar-refractivity contribution in [2.75, 3.05) is 11.9 Å². The number of aromatic amines is 1. The number of anilines is 1. The van der Waals surface area contributed by atoms with Crippen LogP contribution in [0.5, 0.6) is 0 Å². The fourth-order valence-corrected chi connectivity index (χ4v) is 2.49. The first-order chi connectivity index (χ1) is 8.24. The summed E-state index contributed by atoms with van der Waals surface area (Å²) in [6.45, 7) is 3.25. The normalized spacial score (nSPS) is 24.5. The molecule has 4 heteroatoms. The minimum Gasteiger partial charge on any atom is -0.370 e. The lowest BCUT2D eigenvalue weighted by molar-refractivity contribution is 0.282. The minimum absolute atomic E-state index is 0.103. The highest BCUT2D eigenvalue weighted by Crippen LogP contribution is 2.30. The van der Waals surface area contributed by atoms with Gasteiger partial charge in [0.1, 0.15) is 5.82 Å². The van der Waals surface area contributed by atoms with Crippen LogP contribution >= 0.6 is 0 Å². The van der Waals surface area contributed by atoms with E-state index in [0.717, 1.165) is 18.4 Å². The van der Waals surface area contributed by atoms with Gasteiger partial charge in [-0.15, -0.1) is 0 Å². The zero-order valence-electron chi connectivity index (χ0n) is 10.4. The quantitative estimate of drug-likeness (QED) is 0.842. The van der Waals surface area contributed by atoms with Crippen LogP contribution in [-0.2, 0) is 0 Å². The molecule has 0 amide bonds. The molecule has 1 saturated carbocycles. The SMILES string of the molecule is CC1CCC(CCNc2cc(=O)[nH]cn2)CC1. The van der Waals surface area contributed by atoms with Crippen LogP contribution in [-0.4, -0.2) is 16.5 Å². The molecule has 1 fully saturated rings. The molecule has 1 aliphatic carbocycles. The van der Waals surface area contributed by atoms with Crippen molar-refractivity contribution in [2.45, 2.75) is 39.0 Å². The highest BCUT2D eigenvalue weighted by atomic mass is 16.1.